The molecule has 0 bridgehead atoms. The highest BCUT2D eigenvalue weighted by atomic mass is 35.5. The monoisotopic (exact) mass is 223 g/mol. The first-order chi connectivity index (χ1) is 7.18. The molecule has 15 heavy (non-hydrogen) atoms. The summed E-state index contributed by atoms with van der Waals surface area (Å²) >= 11 is 5.90. The molecule has 2 aromatic heterocycles. The molecule has 0 aromatic carbocycles. The van der Waals surface area contributed by atoms with E-state index in [2.05, 4.69) is 4.98 Å². The van der Waals surface area contributed by atoms with Crippen LogP contribution in [0.15, 0.2) is 35.5 Å². The summed E-state index contributed by atoms with van der Waals surface area (Å²) in [5.41, 5.74) is 0.780. The predicted octanol–water partition coefficient (Wildman–Crippen LogP) is 1.28. The molecule has 0 spiro atoms. The minimum Gasteiger partial charge on any atom is -0.302 e. The maximum Gasteiger partial charge on any atom is 0.328 e. The van der Waals surface area contributed by atoms with E-state index in [1.54, 1.807) is 36.3 Å². The average Bonchev–Trinajstić information content (AvgIpc) is 2.53. The minimum absolute atomic E-state index is 0.0603. The standard InChI is InChI=1S/C10H10ClN3O/c1-13-5-6-14(10(13)15)7-8-3-2-4-12-9(8)11/h2-6H,7H2,1H3. The Morgan fingerprint density at radius 2 is 2.27 bits per heavy atom. The van der Waals surface area contributed by atoms with Gasteiger partial charge in [0.15, 0.2) is 0 Å². The second-order valence-corrected chi connectivity index (χ2v) is 3.63. The first-order valence-corrected chi connectivity index (χ1v) is 4.87. The van der Waals surface area contributed by atoms with Gasteiger partial charge in [-0.3, -0.25) is 4.57 Å². The summed E-state index contributed by atoms with van der Waals surface area (Å²) in [5, 5.41) is 0.438. The number of aromatic nitrogens is 3. The summed E-state index contributed by atoms with van der Waals surface area (Å²) in [5.74, 6) is 0. The van der Waals surface area contributed by atoms with E-state index in [0.29, 0.717) is 11.7 Å². The molecule has 0 saturated heterocycles. The fourth-order valence-electron chi connectivity index (χ4n) is 1.35. The SMILES string of the molecule is Cn1ccn(Cc2cccnc2Cl)c1=O. The third kappa shape index (κ3) is 1.94. The Morgan fingerprint density at radius 1 is 1.47 bits per heavy atom. The summed E-state index contributed by atoms with van der Waals surface area (Å²) < 4.78 is 3.10. The number of aryl methyl sites for hydroxylation is 1. The van der Waals surface area contributed by atoms with Crippen LogP contribution in [-0.2, 0) is 13.6 Å². The van der Waals surface area contributed by atoms with Gasteiger partial charge < -0.3 is 4.57 Å². The molecule has 2 aromatic rings. The largest absolute Gasteiger partial charge is 0.328 e. The molecule has 0 N–H and O–H groups in total. The summed E-state index contributed by atoms with van der Waals surface area (Å²) in [6.45, 7) is 0.451. The van der Waals surface area contributed by atoms with Crippen molar-refractivity contribution in [2.24, 2.45) is 7.05 Å². The van der Waals surface area contributed by atoms with Gasteiger partial charge in [-0.25, -0.2) is 9.78 Å². The van der Waals surface area contributed by atoms with Crippen LogP contribution in [0.25, 0.3) is 0 Å². The van der Waals surface area contributed by atoms with E-state index in [1.807, 2.05) is 6.07 Å². The quantitative estimate of drug-likeness (QED) is 0.720. The van der Waals surface area contributed by atoms with Gasteiger partial charge in [-0.05, 0) is 6.07 Å². The first kappa shape index (κ1) is 9.98. The Labute approximate surface area is 91.8 Å². The van der Waals surface area contributed by atoms with Gasteiger partial charge in [-0.2, -0.15) is 0 Å². The van der Waals surface area contributed by atoms with E-state index >= 15 is 0 Å². The van der Waals surface area contributed by atoms with Crippen LogP contribution in [0.4, 0.5) is 0 Å². The van der Waals surface area contributed by atoms with Crippen molar-refractivity contribution in [3.05, 3.63) is 51.9 Å². The highest BCUT2D eigenvalue weighted by molar-refractivity contribution is 6.30. The molecule has 0 atom stereocenters. The topological polar surface area (TPSA) is 39.8 Å². The second-order valence-electron chi connectivity index (χ2n) is 3.27. The van der Waals surface area contributed by atoms with Gasteiger partial charge in [-0.1, -0.05) is 17.7 Å². The Kier molecular flexibility index (Phi) is 2.60. The van der Waals surface area contributed by atoms with E-state index in [0.717, 1.165) is 5.56 Å². The molecule has 78 valence electrons. The summed E-state index contributed by atoms with van der Waals surface area (Å²) in [6, 6.07) is 3.66. The molecule has 0 aliphatic carbocycles. The van der Waals surface area contributed by atoms with Gasteiger partial charge in [-0.15, -0.1) is 0 Å². The number of halogens is 1. The lowest BCUT2D eigenvalue weighted by Gasteiger charge is -2.02. The van der Waals surface area contributed by atoms with Crippen molar-refractivity contribution in [3.8, 4) is 0 Å². The molecule has 0 radical (unpaired) electrons. The maximum absolute atomic E-state index is 11.5. The van der Waals surface area contributed by atoms with Crippen molar-refractivity contribution >= 4 is 11.6 Å². The molecule has 0 saturated carbocycles. The zero-order valence-electron chi connectivity index (χ0n) is 8.22. The van der Waals surface area contributed by atoms with Crippen LogP contribution in [0.2, 0.25) is 5.15 Å². The van der Waals surface area contributed by atoms with E-state index in [-0.39, 0.29) is 5.69 Å². The average molecular weight is 224 g/mol. The molecule has 5 heteroatoms. The van der Waals surface area contributed by atoms with Crippen LogP contribution < -0.4 is 5.69 Å². The number of nitrogens with zero attached hydrogens (tertiary/aromatic N) is 3. The van der Waals surface area contributed by atoms with Crippen molar-refractivity contribution < 1.29 is 0 Å². The molecule has 0 aliphatic heterocycles. The van der Waals surface area contributed by atoms with Gasteiger partial charge in [0.25, 0.3) is 0 Å². The maximum atomic E-state index is 11.5. The van der Waals surface area contributed by atoms with E-state index in [4.69, 9.17) is 11.6 Å². The molecule has 0 amide bonds. The third-order valence-electron chi connectivity index (χ3n) is 2.19. The lowest BCUT2D eigenvalue weighted by molar-refractivity contribution is 0.716. The molecule has 0 aliphatic rings. The Hall–Kier alpha value is -1.55. The van der Waals surface area contributed by atoms with Crippen LogP contribution >= 0.6 is 11.6 Å². The van der Waals surface area contributed by atoms with Gasteiger partial charge in [0.05, 0.1) is 6.54 Å². The summed E-state index contributed by atoms with van der Waals surface area (Å²) in [7, 11) is 1.71. The van der Waals surface area contributed by atoms with Crippen LogP contribution in [0.1, 0.15) is 5.56 Å². The van der Waals surface area contributed by atoms with Crippen LogP contribution in [0.5, 0.6) is 0 Å². The van der Waals surface area contributed by atoms with Crippen molar-refractivity contribution in [2.45, 2.75) is 6.54 Å². The molecular formula is C10H10ClN3O. The number of imidazole rings is 1. The van der Waals surface area contributed by atoms with E-state index < -0.39 is 0 Å². The van der Waals surface area contributed by atoms with Crippen molar-refractivity contribution in [2.75, 3.05) is 0 Å². The van der Waals surface area contributed by atoms with Gasteiger partial charge >= 0.3 is 5.69 Å². The van der Waals surface area contributed by atoms with Gasteiger partial charge in [0.1, 0.15) is 5.15 Å². The van der Waals surface area contributed by atoms with Crippen LogP contribution in [0, 0.1) is 0 Å². The van der Waals surface area contributed by atoms with Crippen molar-refractivity contribution in [1.82, 2.24) is 14.1 Å². The first-order valence-electron chi connectivity index (χ1n) is 4.49. The number of rotatable bonds is 2. The number of pyridine rings is 1. The normalized spacial score (nSPS) is 10.5. The number of hydrogen-bond acceptors (Lipinski definition) is 2. The Balaban J connectivity index is 2.34. The lowest BCUT2D eigenvalue weighted by atomic mass is 10.3. The van der Waals surface area contributed by atoms with Crippen molar-refractivity contribution in [1.29, 1.82) is 0 Å². The zero-order chi connectivity index (χ0) is 10.8. The smallest absolute Gasteiger partial charge is 0.302 e. The van der Waals surface area contributed by atoms with E-state index in [9.17, 15) is 4.79 Å². The number of hydrogen-bond donors (Lipinski definition) is 0. The van der Waals surface area contributed by atoms with Crippen LogP contribution in [-0.4, -0.2) is 14.1 Å². The molecule has 2 rings (SSSR count). The van der Waals surface area contributed by atoms with Crippen LogP contribution in [0.3, 0.4) is 0 Å². The highest BCUT2D eigenvalue weighted by Gasteiger charge is 2.04. The molecule has 0 unspecified atom stereocenters. The summed E-state index contributed by atoms with van der Waals surface area (Å²) in [6.07, 6.45) is 5.07. The fraction of sp³-hybridized carbons (Fsp3) is 0.200. The Morgan fingerprint density at radius 3 is 2.87 bits per heavy atom. The molecule has 4 nitrogen and oxygen atoms in total. The minimum atomic E-state index is -0.0603. The predicted molar refractivity (Wildman–Crippen MR) is 58.0 cm³/mol. The third-order valence-corrected chi connectivity index (χ3v) is 2.53. The lowest BCUT2D eigenvalue weighted by Crippen LogP contribution is -2.22. The van der Waals surface area contributed by atoms with Gasteiger partial charge in [0.2, 0.25) is 0 Å². The van der Waals surface area contributed by atoms with Crippen molar-refractivity contribution in [3.63, 3.8) is 0 Å². The molecule has 2 heterocycles. The zero-order valence-corrected chi connectivity index (χ0v) is 8.98. The van der Waals surface area contributed by atoms with E-state index in [1.165, 1.54) is 4.57 Å². The Bertz CT molecular complexity index is 529. The molecule has 0 fully saturated rings. The molecular weight excluding hydrogens is 214 g/mol. The van der Waals surface area contributed by atoms with Gasteiger partial charge in [0, 0.05) is 31.2 Å². The summed E-state index contributed by atoms with van der Waals surface area (Å²) in [4.78, 5) is 15.5. The second kappa shape index (κ2) is 3.90. The fourth-order valence-corrected chi connectivity index (χ4v) is 1.53. The highest BCUT2D eigenvalue weighted by Crippen LogP contribution is 2.11.